The molecule has 2 aromatic heterocycles. The molecule has 12 heteroatoms. The van der Waals surface area contributed by atoms with E-state index >= 15 is 0 Å². The number of thiazole rings is 1. The van der Waals surface area contributed by atoms with E-state index in [1.54, 1.807) is 6.92 Å². The second kappa shape index (κ2) is 6.80. The minimum atomic E-state index is -4.29. The molecule has 0 aliphatic carbocycles. The van der Waals surface area contributed by atoms with Crippen LogP contribution >= 0.6 is 11.3 Å². The Hall–Kier alpha value is -2.47. The number of aryl methyl sites for hydroxylation is 2. The first-order chi connectivity index (χ1) is 11.6. The lowest BCUT2D eigenvalue weighted by Gasteiger charge is -2.08. The molecule has 136 valence electrons. The topological polar surface area (TPSA) is 129 Å². The number of carbonyl (C=O) groups is 1. The molecule has 2 heterocycles. The summed E-state index contributed by atoms with van der Waals surface area (Å²) in [7, 11) is -1.79. The van der Waals surface area contributed by atoms with Gasteiger partial charge in [0.25, 0.3) is 15.6 Å². The van der Waals surface area contributed by atoms with Gasteiger partial charge < -0.3 is 9.30 Å². The highest BCUT2D eigenvalue weighted by Gasteiger charge is 2.24. The van der Waals surface area contributed by atoms with Crippen molar-refractivity contribution in [2.24, 2.45) is 14.1 Å². The summed E-state index contributed by atoms with van der Waals surface area (Å²) < 4.78 is 33.6. The SMILES string of the molecule is CCOC(=O)c1sc(NS(=O)(=O)c2cn(C)c(=O)n(C)c2=O)nc1C. The van der Waals surface area contributed by atoms with Crippen molar-refractivity contribution in [2.75, 3.05) is 11.3 Å². The zero-order valence-electron chi connectivity index (χ0n) is 13.9. The van der Waals surface area contributed by atoms with Gasteiger partial charge in [0.15, 0.2) is 10.0 Å². The summed E-state index contributed by atoms with van der Waals surface area (Å²) in [6, 6.07) is 0. The maximum absolute atomic E-state index is 12.5. The summed E-state index contributed by atoms with van der Waals surface area (Å²) in [5, 5.41) is -0.0866. The van der Waals surface area contributed by atoms with Crippen LogP contribution in [0.15, 0.2) is 20.7 Å². The number of hydrogen-bond donors (Lipinski definition) is 1. The maximum atomic E-state index is 12.5. The van der Waals surface area contributed by atoms with Crippen molar-refractivity contribution in [3.8, 4) is 0 Å². The molecule has 0 amide bonds. The van der Waals surface area contributed by atoms with E-state index in [9.17, 15) is 22.8 Å². The lowest BCUT2D eigenvalue weighted by molar-refractivity contribution is 0.0531. The van der Waals surface area contributed by atoms with Crippen LogP contribution in [0.2, 0.25) is 0 Å². The van der Waals surface area contributed by atoms with Crippen molar-refractivity contribution in [1.29, 1.82) is 0 Å². The van der Waals surface area contributed by atoms with Crippen molar-refractivity contribution in [3.05, 3.63) is 37.6 Å². The molecule has 0 bridgehead atoms. The zero-order valence-corrected chi connectivity index (χ0v) is 15.5. The molecule has 0 saturated heterocycles. The van der Waals surface area contributed by atoms with Crippen LogP contribution in [0.3, 0.4) is 0 Å². The lowest BCUT2D eigenvalue weighted by atomic mass is 10.4. The number of nitrogens with one attached hydrogen (secondary N) is 1. The predicted molar refractivity (Wildman–Crippen MR) is 90.5 cm³/mol. The minimum Gasteiger partial charge on any atom is -0.462 e. The van der Waals surface area contributed by atoms with Gasteiger partial charge in [-0.25, -0.2) is 23.0 Å². The van der Waals surface area contributed by atoms with Gasteiger partial charge in [0.1, 0.15) is 4.88 Å². The summed E-state index contributed by atoms with van der Waals surface area (Å²) in [6.45, 7) is 3.35. The molecule has 0 saturated carbocycles. The van der Waals surface area contributed by atoms with E-state index in [-0.39, 0.29) is 16.6 Å². The highest BCUT2D eigenvalue weighted by molar-refractivity contribution is 7.93. The summed E-state index contributed by atoms with van der Waals surface area (Å²) >= 11 is 0.793. The molecule has 0 aliphatic rings. The third kappa shape index (κ3) is 3.64. The van der Waals surface area contributed by atoms with Crippen LogP contribution in [0.1, 0.15) is 22.3 Å². The Labute approximate surface area is 146 Å². The Morgan fingerprint density at radius 1 is 1.36 bits per heavy atom. The summed E-state index contributed by atoms with van der Waals surface area (Å²) in [5.74, 6) is -0.610. The molecule has 0 aliphatic heterocycles. The van der Waals surface area contributed by atoms with Crippen molar-refractivity contribution >= 4 is 32.5 Å². The molecule has 0 fully saturated rings. The van der Waals surface area contributed by atoms with E-state index in [4.69, 9.17) is 4.74 Å². The van der Waals surface area contributed by atoms with Crippen molar-refractivity contribution in [2.45, 2.75) is 18.7 Å². The molecule has 25 heavy (non-hydrogen) atoms. The van der Waals surface area contributed by atoms with Gasteiger partial charge in [0.2, 0.25) is 0 Å². The van der Waals surface area contributed by atoms with Gasteiger partial charge in [0.05, 0.1) is 12.3 Å². The monoisotopic (exact) mass is 388 g/mol. The van der Waals surface area contributed by atoms with E-state index in [1.165, 1.54) is 21.0 Å². The van der Waals surface area contributed by atoms with Gasteiger partial charge in [-0.2, -0.15) is 0 Å². The number of esters is 1. The number of hydrogen-bond acceptors (Lipinski definition) is 8. The third-order valence-electron chi connectivity index (χ3n) is 3.18. The highest BCUT2D eigenvalue weighted by Crippen LogP contribution is 2.25. The quantitative estimate of drug-likeness (QED) is 0.704. The lowest BCUT2D eigenvalue weighted by Crippen LogP contribution is -2.40. The molecule has 2 rings (SSSR count). The van der Waals surface area contributed by atoms with Crippen molar-refractivity contribution < 1.29 is 17.9 Å². The standard InChI is InChI=1S/C13H16N4O6S2/c1-5-23-11(19)9-7(2)14-12(24-9)15-25(21,22)8-6-16(3)13(20)17(4)10(8)18/h6H,5H2,1-4H3,(H,14,15). The second-order valence-electron chi connectivity index (χ2n) is 5.01. The number of carbonyl (C=O) groups excluding carboxylic acids is 1. The average molecular weight is 388 g/mol. The van der Waals surface area contributed by atoms with Crippen LogP contribution in [-0.2, 0) is 28.9 Å². The molecule has 0 unspecified atom stereocenters. The molecular formula is C13H16N4O6S2. The maximum Gasteiger partial charge on any atom is 0.350 e. The molecular weight excluding hydrogens is 372 g/mol. The summed E-state index contributed by atoms with van der Waals surface area (Å²) in [5.41, 5.74) is -1.32. The second-order valence-corrected chi connectivity index (χ2v) is 7.66. The van der Waals surface area contributed by atoms with E-state index < -0.39 is 32.1 Å². The largest absolute Gasteiger partial charge is 0.462 e. The zero-order chi connectivity index (χ0) is 18.9. The van der Waals surface area contributed by atoms with Gasteiger partial charge in [-0.3, -0.25) is 14.1 Å². The Bertz CT molecular complexity index is 1050. The van der Waals surface area contributed by atoms with Crippen LogP contribution < -0.4 is 16.0 Å². The van der Waals surface area contributed by atoms with Crippen molar-refractivity contribution in [3.63, 3.8) is 0 Å². The Morgan fingerprint density at radius 3 is 2.60 bits per heavy atom. The Balaban J connectivity index is 2.44. The van der Waals surface area contributed by atoms with E-state index in [0.717, 1.165) is 22.1 Å². The highest BCUT2D eigenvalue weighted by atomic mass is 32.2. The normalized spacial score (nSPS) is 11.4. The van der Waals surface area contributed by atoms with Crippen molar-refractivity contribution in [1.82, 2.24) is 14.1 Å². The molecule has 0 radical (unpaired) electrons. The smallest absolute Gasteiger partial charge is 0.350 e. The number of anilines is 1. The van der Waals surface area contributed by atoms with Gasteiger partial charge in [0, 0.05) is 20.3 Å². The fraction of sp³-hybridized carbons (Fsp3) is 0.385. The van der Waals surface area contributed by atoms with E-state index in [1.807, 2.05) is 0 Å². The minimum absolute atomic E-state index is 0.0866. The molecule has 1 N–H and O–H groups in total. The molecule has 2 aromatic rings. The summed E-state index contributed by atoms with van der Waals surface area (Å²) in [6.07, 6.45) is 0.930. The van der Waals surface area contributed by atoms with Gasteiger partial charge in [-0.15, -0.1) is 0 Å². The third-order valence-corrected chi connectivity index (χ3v) is 5.69. The first-order valence-corrected chi connectivity index (χ1v) is 9.32. The van der Waals surface area contributed by atoms with Crippen LogP contribution in [0.4, 0.5) is 5.13 Å². The predicted octanol–water partition coefficient (Wildman–Crippen LogP) is -0.174. The molecule has 10 nitrogen and oxygen atoms in total. The van der Waals surface area contributed by atoms with Gasteiger partial charge in [-0.05, 0) is 13.8 Å². The van der Waals surface area contributed by atoms with Crippen LogP contribution in [0.25, 0.3) is 0 Å². The molecule has 0 spiro atoms. The number of sulfonamides is 1. The number of nitrogens with zero attached hydrogens (tertiary/aromatic N) is 3. The van der Waals surface area contributed by atoms with E-state index in [0.29, 0.717) is 10.3 Å². The Kier molecular flexibility index (Phi) is 5.13. The summed E-state index contributed by atoms with van der Waals surface area (Å²) in [4.78, 5) is 39.0. The fourth-order valence-corrected chi connectivity index (χ4v) is 4.21. The average Bonchev–Trinajstić information content (AvgIpc) is 2.88. The van der Waals surface area contributed by atoms with Crippen LogP contribution in [0, 0.1) is 6.92 Å². The number of aromatic nitrogens is 3. The van der Waals surface area contributed by atoms with E-state index in [2.05, 4.69) is 9.71 Å². The number of ether oxygens (including phenoxy) is 1. The first-order valence-electron chi connectivity index (χ1n) is 7.02. The molecule has 0 atom stereocenters. The van der Waals surface area contributed by atoms with Crippen LogP contribution in [0.5, 0.6) is 0 Å². The van der Waals surface area contributed by atoms with Crippen LogP contribution in [-0.4, -0.2) is 35.1 Å². The molecule has 0 aromatic carbocycles. The fourth-order valence-electron chi connectivity index (χ4n) is 1.96. The number of rotatable bonds is 5. The van der Waals surface area contributed by atoms with Gasteiger partial charge >= 0.3 is 11.7 Å². The van der Waals surface area contributed by atoms with Gasteiger partial charge in [-0.1, -0.05) is 11.3 Å². The first kappa shape index (κ1) is 18.9. The Morgan fingerprint density at radius 2 is 2.00 bits per heavy atom.